The number of fused-ring (bicyclic) bond motifs is 1. The van der Waals surface area contributed by atoms with Gasteiger partial charge >= 0.3 is 0 Å². The van der Waals surface area contributed by atoms with E-state index in [2.05, 4.69) is 9.38 Å². The van der Waals surface area contributed by atoms with E-state index in [-0.39, 0.29) is 54.1 Å². The van der Waals surface area contributed by atoms with Crippen molar-refractivity contribution in [3.8, 4) is 0 Å². The monoisotopic (exact) mass is 442 g/mol. The SMILES string of the molecule is CC(=N[S+]([O-])C(C)(C)C)c1cc(F)cc2c(=O)n(C)c(N3CCC(F)(F)CC3)nc12. The molecule has 0 aliphatic carbocycles. The smallest absolute Gasteiger partial charge is 0.262 e. The third kappa shape index (κ3) is 4.49. The number of hydrogen-bond donors (Lipinski definition) is 0. The normalized spacial score (nSPS) is 18.7. The average Bonchev–Trinajstić information content (AvgIpc) is 2.64. The lowest BCUT2D eigenvalue weighted by Crippen LogP contribution is -2.42. The molecule has 0 bridgehead atoms. The maximum absolute atomic E-state index is 14.3. The van der Waals surface area contributed by atoms with E-state index in [0.29, 0.717) is 0 Å². The third-order valence-corrected chi connectivity index (χ3v) is 6.52. The van der Waals surface area contributed by atoms with Crippen molar-refractivity contribution >= 4 is 33.9 Å². The lowest BCUT2D eigenvalue weighted by Gasteiger charge is -2.33. The Kier molecular flexibility index (Phi) is 5.94. The third-order valence-electron chi connectivity index (χ3n) is 5.03. The van der Waals surface area contributed by atoms with Crippen molar-refractivity contribution < 1.29 is 17.7 Å². The molecule has 2 aromatic rings. The Balaban J connectivity index is 2.16. The molecule has 3 rings (SSSR count). The summed E-state index contributed by atoms with van der Waals surface area (Å²) >= 11 is -1.58. The molecule has 1 saturated heterocycles. The summed E-state index contributed by atoms with van der Waals surface area (Å²) in [5.41, 5.74) is 0.255. The van der Waals surface area contributed by atoms with Crippen molar-refractivity contribution in [1.82, 2.24) is 9.55 Å². The average molecular weight is 443 g/mol. The zero-order valence-corrected chi connectivity index (χ0v) is 18.4. The second-order valence-corrected chi connectivity index (χ2v) is 10.4. The van der Waals surface area contributed by atoms with Crippen LogP contribution in [-0.4, -0.2) is 43.6 Å². The predicted molar refractivity (Wildman–Crippen MR) is 113 cm³/mol. The van der Waals surface area contributed by atoms with Crippen molar-refractivity contribution in [2.45, 2.75) is 51.2 Å². The molecule has 0 N–H and O–H groups in total. The molecule has 1 aliphatic heterocycles. The summed E-state index contributed by atoms with van der Waals surface area (Å²) in [7, 11) is 1.48. The minimum atomic E-state index is -2.74. The lowest BCUT2D eigenvalue weighted by molar-refractivity contribution is -0.0223. The quantitative estimate of drug-likeness (QED) is 0.538. The Morgan fingerprint density at radius 3 is 2.43 bits per heavy atom. The van der Waals surface area contributed by atoms with Crippen molar-refractivity contribution in [1.29, 1.82) is 0 Å². The molecule has 0 saturated carbocycles. The molecule has 2 heterocycles. The first-order chi connectivity index (χ1) is 13.8. The molecule has 0 amide bonds. The van der Waals surface area contributed by atoms with Crippen LogP contribution in [0.5, 0.6) is 0 Å². The van der Waals surface area contributed by atoms with Gasteiger partial charge in [-0.1, -0.05) is 4.40 Å². The maximum Gasteiger partial charge on any atom is 0.262 e. The van der Waals surface area contributed by atoms with Gasteiger partial charge in [0, 0.05) is 38.5 Å². The molecule has 10 heteroatoms. The Hall–Kier alpha value is -2.07. The molecule has 1 aromatic heterocycles. The number of aromatic nitrogens is 2. The highest BCUT2D eigenvalue weighted by atomic mass is 32.2. The van der Waals surface area contributed by atoms with Crippen LogP contribution in [0.25, 0.3) is 10.9 Å². The second kappa shape index (κ2) is 7.88. The number of hydrogen-bond acceptors (Lipinski definition) is 5. The minimum Gasteiger partial charge on any atom is -0.591 e. The number of piperidine rings is 1. The number of anilines is 1. The van der Waals surface area contributed by atoms with E-state index in [1.807, 2.05) is 0 Å². The molecule has 164 valence electrons. The van der Waals surface area contributed by atoms with Crippen LogP contribution in [0.1, 0.15) is 46.1 Å². The topological polar surface area (TPSA) is 73.6 Å². The molecule has 0 spiro atoms. The predicted octanol–water partition coefficient (Wildman–Crippen LogP) is 3.58. The molecular formula is C20H25F3N4O2S. The fourth-order valence-corrected chi connectivity index (χ4v) is 3.85. The summed E-state index contributed by atoms with van der Waals surface area (Å²) in [5, 5.41) is 0.0506. The first-order valence-corrected chi connectivity index (χ1v) is 10.7. The van der Waals surface area contributed by atoms with Gasteiger partial charge in [-0.05, 0) is 39.8 Å². The van der Waals surface area contributed by atoms with Gasteiger partial charge in [0.15, 0.2) is 0 Å². The molecule has 1 unspecified atom stereocenters. The summed E-state index contributed by atoms with van der Waals surface area (Å²) in [6.07, 6.45) is -0.662. The Bertz CT molecular complexity index is 1050. The van der Waals surface area contributed by atoms with Crippen molar-refractivity contribution in [3.05, 3.63) is 33.9 Å². The summed E-state index contributed by atoms with van der Waals surface area (Å²) in [4.78, 5) is 19.1. The second-order valence-electron chi connectivity index (χ2n) is 8.51. The highest BCUT2D eigenvalue weighted by Crippen LogP contribution is 2.30. The van der Waals surface area contributed by atoms with Crippen LogP contribution in [0.3, 0.4) is 0 Å². The van der Waals surface area contributed by atoms with Crippen LogP contribution in [0.4, 0.5) is 19.1 Å². The molecule has 1 atom stereocenters. The van der Waals surface area contributed by atoms with Crippen molar-refractivity contribution in [2.24, 2.45) is 11.4 Å². The van der Waals surface area contributed by atoms with Gasteiger partial charge in [-0.15, -0.1) is 0 Å². The van der Waals surface area contributed by atoms with Gasteiger partial charge in [0.2, 0.25) is 5.95 Å². The van der Waals surface area contributed by atoms with E-state index in [4.69, 9.17) is 0 Å². The first-order valence-electron chi connectivity index (χ1n) is 9.61. The Morgan fingerprint density at radius 2 is 1.87 bits per heavy atom. The van der Waals surface area contributed by atoms with Crippen LogP contribution < -0.4 is 10.5 Å². The molecule has 1 aromatic carbocycles. The fraction of sp³-hybridized carbons (Fsp3) is 0.550. The number of rotatable bonds is 3. The Morgan fingerprint density at radius 1 is 1.27 bits per heavy atom. The largest absolute Gasteiger partial charge is 0.591 e. The zero-order chi connectivity index (χ0) is 22.4. The molecular weight excluding hydrogens is 417 g/mol. The first kappa shape index (κ1) is 22.6. The van der Waals surface area contributed by atoms with E-state index in [0.717, 1.165) is 6.07 Å². The summed E-state index contributed by atoms with van der Waals surface area (Å²) in [5.74, 6) is -3.14. The molecule has 0 radical (unpaired) electrons. The summed E-state index contributed by atoms with van der Waals surface area (Å²) < 4.78 is 58.6. The zero-order valence-electron chi connectivity index (χ0n) is 17.6. The molecule has 30 heavy (non-hydrogen) atoms. The fourth-order valence-electron chi connectivity index (χ4n) is 3.23. The number of halogens is 3. The van der Waals surface area contributed by atoms with E-state index in [9.17, 15) is 22.5 Å². The lowest BCUT2D eigenvalue weighted by atomic mass is 10.1. The van der Waals surface area contributed by atoms with Gasteiger partial charge in [0.1, 0.15) is 21.9 Å². The summed E-state index contributed by atoms with van der Waals surface area (Å²) in [6, 6.07) is 2.29. The van der Waals surface area contributed by atoms with Gasteiger partial charge in [-0.2, -0.15) is 0 Å². The van der Waals surface area contributed by atoms with Crippen LogP contribution in [0.15, 0.2) is 21.3 Å². The van der Waals surface area contributed by atoms with Gasteiger partial charge in [0.05, 0.1) is 16.6 Å². The van der Waals surface area contributed by atoms with Crippen LogP contribution in [-0.2, 0) is 18.4 Å². The van der Waals surface area contributed by atoms with Gasteiger partial charge < -0.3 is 9.45 Å². The van der Waals surface area contributed by atoms with E-state index in [1.54, 1.807) is 32.6 Å². The molecule has 1 fully saturated rings. The number of nitrogens with zero attached hydrogens (tertiary/aromatic N) is 4. The van der Waals surface area contributed by atoms with E-state index >= 15 is 0 Å². The highest BCUT2D eigenvalue weighted by molar-refractivity contribution is 7.91. The van der Waals surface area contributed by atoms with Crippen LogP contribution in [0, 0.1) is 5.82 Å². The van der Waals surface area contributed by atoms with E-state index < -0.39 is 33.4 Å². The van der Waals surface area contributed by atoms with Gasteiger partial charge in [-0.3, -0.25) is 9.36 Å². The Labute approximate surface area is 176 Å². The highest BCUT2D eigenvalue weighted by Gasteiger charge is 2.35. The summed E-state index contributed by atoms with van der Waals surface area (Å²) in [6.45, 7) is 6.98. The van der Waals surface area contributed by atoms with Crippen molar-refractivity contribution in [2.75, 3.05) is 18.0 Å². The van der Waals surface area contributed by atoms with Crippen LogP contribution >= 0.6 is 0 Å². The maximum atomic E-state index is 14.3. The van der Waals surface area contributed by atoms with Crippen LogP contribution in [0.2, 0.25) is 0 Å². The van der Waals surface area contributed by atoms with Crippen molar-refractivity contribution in [3.63, 3.8) is 0 Å². The van der Waals surface area contributed by atoms with E-state index in [1.165, 1.54) is 17.7 Å². The number of benzene rings is 1. The molecule has 1 aliphatic rings. The molecule has 6 nitrogen and oxygen atoms in total. The van der Waals surface area contributed by atoms with Gasteiger partial charge in [0.25, 0.3) is 11.5 Å². The van der Waals surface area contributed by atoms with Gasteiger partial charge in [-0.25, -0.2) is 18.2 Å². The number of alkyl halides is 2. The minimum absolute atomic E-state index is 0.0506. The standard InChI is InChI=1S/C20H25F3N4O2S/c1-12(25-30(29)19(2,3)4)14-10-13(21)11-15-16(14)24-18(26(5)17(15)28)27-8-6-20(22,23)7-9-27/h10-11H,6-9H2,1-5H3.